The van der Waals surface area contributed by atoms with Crippen molar-refractivity contribution in [3.05, 3.63) is 22.6 Å². The molecule has 2 N–H and O–H groups in total. The summed E-state index contributed by atoms with van der Waals surface area (Å²) in [6.45, 7) is 3.59. The molecule has 4 nitrogen and oxygen atoms in total. The fourth-order valence-electron chi connectivity index (χ4n) is 2.62. The molecule has 1 aromatic rings. The number of piperidine rings is 1. The van der Waals surface area contributed by atoms with Gasteiger partial charge in [-0.15, -0.1) is 0 Å². The fraction of sp³-hybridized carbons (Fsp3) is 0.692. The second-order valence-electron chi connectivity index (χ2n) is 4.83. The van der Waals surface area contributed by atoms with Gasteiger partial charge in [0.15, 0.2) is 4.67 Å². The summed E-state index contributed by atoms with van der Waals surface area (Å²) in [5.74, 6) is 1.64. The molecule has 5 heteroatoms. The highest BCUT2D eigenvalue weighted by Gasteiger charge is 2.27. The Kier molecular flexibility index (Phi) is 5.24. The zero-order valence-electron chi connectivity index (χ0n) is 10.8. The third-order valence-corrected chi connectivity index (χ3v) is 4.06. The quantitative estimate of drug-likeness (QED) is 0.906. The van der Waals surface area contributed by atoms with E-state index in [0.29, 0.717) is 12.5 Å². The fourth-order valence-corrected chi connectivity index (χ4v) is 2.94. The normalized spacial score (nSPS) is 20.2. The highest BCUT2D eigenvalue weighted by atomic mass is 79.9. The summed E-state index contributed by atoms with van der Waals surface area (Å²) >= 11 is 3.34. The Morgan fingerprint density at radius 3 is 2.72 bits per heavy atom. The van der Waals surface area contributed by atoms with Crippen LogP contribution in [0.15, 0.2) is 21.2 Å². The maximum atomic E-state index is 5.90. The minimum atomic E-state index is 0.194. The predicted molar refractivity (Wildman–Crippen MR) is 74.4 cm³/mol. The van der Waals surface area contributed by atoms with E-state index in [0.717, 1.165) is 30.1 Å². The molecule has 1 fully saturated rings. The number of hydrogen-bond donors (Lipinski definition) is 1. The summed E-state index contributed by atoms with van der Waals surface area (Å²) in [4.78, 5) is 2.41. The Morgan fingerprint density at radius 2 is 2.22 bits per heavy atom. The van der Waals surface area contributed by atoms with Gasteiger partial charge in [0, 0.05) is 20.3 Å². The highest BCUT2D eigenvalue weighted by molar-refractivity contribution is 9.10. The average Bonchev–Trinajstić information content (AvgIpc) is 2.79. The molecule has 2 rings (SSSR count). The SMILES string of the molecule is COCC1CCN(C(CN)c2ccc(Br)o2)CC1. The van der Waals surface area contributed by atoms with Crippen molar-refractivity contribution in [3.8, 4) is 0 Å². The van der Waals surface area contributed by atoms with E-state index in [4.69, 9.17) is 14.9 Å². The van der Waals surface area contributed by atoms with E-state index >= 15 is 0 Å². The zero-order valence-corrected chi connectivity index (χ0v) is 12.4. The van der Waals surface area contributed by atoms with E-state index in [2.05, 4.69) is 20.8 Å². The summed E-state index contributed by atoms with van der Waals surface area (Å²) in [6, 6.07) is 4.12. The van der Waals surface area contributed by atoms with Crippen LogP contribution in [0.3, 0.4) is 0 Å². The molecule has 1 aliphatic heterocycles. The zero-order chi connectivity index (χ0) is 13.0. The molecule has 1 saturated heterocycles. The van der Waals surface area contributed by atoms with Gasteiger partial charge in [0.05, 0.1) is 6.04 Å². The minimum absolute atomic E-state index is 0.194. The molecule has 1 atom stereocenters. The maximum Gasteiger partial charge on any atom is 0.169 e. The Bertz CT molecular complexity index is 362. The number of nitrogens with zero attached hydrogens (tertiary/aromatic N) is 1. The number of nitrogens with two attached hydrogens (primary N) is 1. The first-order chi connectivity index (χ1) is 8.74. The Balaban J connectivity index is 1.94. The lowest BCUT2D eigenvalue weighted by Gasteiger charge is -2.36. The molecule has 0 bridgehead atoms. The van der Waals surface area contributed by atoms with Crippen LogP contribution >= 0.6 is 15.9 Å². The van der Waals surface area contributed by atoms with Crippen LogP contribution < -0.4 is 5.73 Å². The number of ether oxygens (including phenoxy) is 1. The topological polar surface area (TPSA) is 51.6 Å². The van der Waals surface area contributed by atoms with Gasteiger partial charge in [-0.2, -0.15) is 0 Å². The predicted octanol–water partition coefficient (Wildman–Crippen LogP) is 2.40. The van der Waals surface area contributed by atoms with Crippen molar-refractivity contribution in [2.75, 3.05) is 33.4 Å². The molecule has 1 unspecified atom stereocenters. The summed E-state index contributed by atoms with van der Waals surface area (Å²) in [5, 5.41) is 0. The smallest absolute Gasteiger partial charge is 0.169 e. The van der Waals surface area contributed by atoms with Crippen LogP contribution in [0, 0.1) is 5.92 Å². The summed E-state index contributed by atoms with van der Waals surface area (Å²) in [7, 11) is 1.77. The summed E-state index contributed by atoms with van der Waals surface area (Å²) in [6.07, 6.45) is 2.35. The van der Waals surface area contributed by atoms with Gasteiger partial charge in [-0.3, -0.25) is 4.90 Å². The number of hydrogen-bond acceptors (Lipinski definition) is 4. The van der Waals surface area contributed by atoms with Crippen molar-refractivity contribution in [1.82, 2.24) is 4.90 Å². The van der Waals surface area contributed by atoms with Crippen LogP contribution in [0.2, 0.25) is 0 Å². The largest absolute Gasteiger partial charge is 0.453 e. The summed E-state index contributed by atoms with van der Waals surface area (Å²) in [5.41, 5.74) is 5.90. The van der Waals surface area contributed by atoms with Gasteiger partial charge in [-0.1, -0.05) is 0 Å². The number of methoxy groups -OCH3 is 1. The third kappa shape index (κ3) is 3.35. The maximum absolute atomic E-state index is 5.90. The number of halogens is 1. The van der Waals surface area contributed by atoms with Crippen LogP contribution in [0.1, 0.15) is 24.6 Å². The van der Waals surface area contributed by atoms with Gasteiger partial charge in [0.25, 0.3) is 0 Å². The van der Waals surface area contributed by atoms with Gasteiger partial charge in [-0.05, 0) is 59.9 Å². The lowest BCUT2D eigenvalue weighted by Crippen LogP contribution is -2.40. The lowest BCUT2D eigenvalue weighted by atomic mass is 9.96. The lowest BCUT2D eigenvalue weighted by molar-refractivity contribution is 0.0753. The first-order valence-corrected chi connectivity index (χ1v) is 7.22. The van der Waals surface area contributed by atoms with Crippen molar-refractivity contribution in [3.63, 3.8) is 0 Å². The van der Waals surface area contributed by atoms with Crippen molar-refractivity contribution < 1.29 is 9.15 Å². The number of furan rings is 1. The summed E-state index contributed by atoms with van der Waals surface area (Å²) < 4.78 is 11.6. The van der Waals surface area contributed by atoms with Crippen LogP contribution in [0.5, 0.6) is 0 Å². The molecular formula is C13H21BrN2O2. The first-order valence-electron chi connectivity index (χ1n) is 6.43. The number of likely N-dealkylation sites (tertiary alicyclic amines) is 1. The minimum Gasteiger partial charge on any atom is -0.453 e. The molecule has 2 heterocycles. The highest BCUT2D eigenvalue weighted by Crippen LogP contribution is 2.28. The molecule has 1 aromatic heterocycles. The van der Waals surface area contributed by atoms with Crippen molar-refractivity contribution in [2.45, 2.75) is 18.9 Å². The van der Waals surface area contributed by atoms with Gasteiger partial charge in [-0.25, -0.2) is 0 Å². The molecule has 0 saturated carbocycles. The first kappa shape index (κ1) is 14.1. The monoisotopic (exact) mass is 316 g/mol. The van der Waals surface area contributed by atoms with E-state index in [9.17, 15) is 0 Å². The van der Waals surface area contributed by atoms with Gasteiger partial charge in [0.1, 0.15) is 5.76 Å². The van der Waals surface area contributed by atoms with Crippen molar-refractivity contribution in [2.24, 2.45) is 11.7 Å². The third-order valence-electron chi connectivity index (χ3n) is 3.64. The molecule has 0 spiro atoms. The number of rotatable bonds is 5. The molecular weight excluding hydrogens is 296 g/mol. The second-order valence-corrected chi connectivity index (χ2v) is 5.61. The Morgan fingerprint density at radius 1 is 1.50 bits per heavy atom. The standard InChI is InChI=1S/C13H21BrN2O2/c1-17-9-10-4-6-16(7-5-10)11(8-15)12-2-3-13(14)18-12/h2-3,10-11H,4-9,15H2,1H3. The van der Waals surface area contributed by atoms with E-state index in [1.807, 2.05) is 12.1 Å². The molecule has 0 aliphatic carbocycles. The molecule has 18 heavy (non-hydrogen) atoms. The Hall–Kier alpha value is -0.360. The molecule has 1 aliphatic rings. The van der Waals surface area contributed by atoms with Crippen LogP contribution in [0.25, 0.3) is 0 Å². The molecule has 0 radical (unpaired) electrons. The van der Waals surface area contributed by atoms with E-state index in [-0.39, 0.29) is 6.04 Å². The van der Waals surface area contributed by atoms with Crippen molar-refractivity contribution in [1.29, 1.82) is 0 Å². The van der Waals surface area contributed by atoms with Crippen LogP contribution in [0.4, 0.5) is 0 Å². The van der Waals surface area contributed by atoms with E-state index in [1.54, 1.807) is 7.11 Å². The van der Waals surface area contributed by atoms with Crippen LogP contribution in [-0.4, -0.2) is 38.3 Å². The van der Waals surface area contributed by atoms with Crippen LogP contribution in [-0.2, 0) is 4.74 Å². The van der Waals surface area contributed by atoms with E-state index in [1.165, 1.54) is 12.8 Å². The Labute approximate surface area is 117 Å². The second kappa shape index (κ2) is 6.70. The van der Waals surface area contributed by atoms with Gasteiger partial charge in [0.2, 0.25) is 0 Å². The van der Waals surface area contributed by atoms with E-state index < -0.39 is 0 Å². The molecule has 102 valence electrons. The van der Waals surface area contributed by atoms with Gasteiger partial charge < -0.3 is 14.9 Å². The van der Waals surface area contributed by atoms with Crippen molar-refractivity contribution >= 4 is 15.9 Å². The molecule has 0 aromatic carbocycles. The molecule has 0 amide bonds. The average molecular weight is 317 g/mol. The van der Waals surface area contributed by atoms with Gasteiger partial charge >= 0.3 is 0 Å².